The van der Waals surface area contributed by atoms with Gasteiger partial charge in [-0.1, -0.05) is 13.8 Å². The summed E-state index contributed by atoms with van der Waals surface area (Å²) in [5.74, 6) is -0.369. The predicted molar refractivity (Wildman–Crippen MR) is 74.6 cm³/mol. The van der Waals surface area contributed by atoms with Gasteiger partial charge in [0.05, 0.1) is 18.1 Å². The molecule has 0 radical (unpaired) electrons. The second-order valence-corrected chi connectivity index (χ2v) is 5.14. The van der Waals surface area contributed by atoms with Gasteiger partial charge in [0, 0.05) is 0 Å². The molecule has 1 aromatic carbocycles. The number of nitrogens with zero attached hydrogens (tertiary/aromatic N) is 2. The minimum atomic E-state index is -0.605. The van der Waals surface area contributed by atoms with Crippen LogP contribution in [0.2, 0.25) is 0 Å². The molecule has 1 unspecified atom stereocenters. The fourth-order valence-electron chi connectivity index (χ4n) is 2.30. The third-order valence-corrected chi connectivity index (χ3v) is 3.16. The van der Waals surface area contributed by atoms with Gasteiger partial charge in [0.25, 0.3) is 0 Å². The summed E-state index contributed by atoms with van der Waals surface area (Å²) in [5, 5.41) is 0. The van der Waals surface area contributed by atoms with E-state index in [2.05, 4.69) is 4.98 Å². The molecule has 0 spiro atoms. The minimum Gasteiger partial charge on any atom is -0.467 e. The zero-order valence-electron chi connectivity index (χ0n) is 11.8. The topological polar surface area (TPSA) is 70.1 Å². The fourth-order valence-corrected chi connectivity index (χ4v) is 2.30. The molecule has 0 aliphatic carbocycles. The Kier molecular flexibility index (Phi) is 3.92. The van der Waals surface area contributed by atoms with Gasteiger partial charge in [-0.25, -0.2) is 14.2 Å². The number of esters is 1. The van der Waals surface area contributed by atoms with Crippen molar-refractivity contribution in [2.75, 3.05) is 12.8 Å². The number of anilines is 1. The Hall–Kier alpha value is -2.11. The molecular weight excluding hydrogens is 261 g/mol. The van der Waals surface area contributed by atoms with Gasteiger partial charge < -0.3 is 10.5 Å². The Labute approximate surface area is 116 Å². The van der Waals surface area contributed by atoms with Crippen molar-refractivity contribution in [3.8, 4) is 0 Å². The van der Waals surface area contributed by atoms with Gasteiger partial charge in [0.1, 0.15) is 11.9 Å². The van der Waals surface area contributed by atoms with Crippen molar-refractivity contribution < 1.29 is 13.9 Å². The lowest BCUT2D eigenvalue weighted by Gasteiger charge is -2.20. The van der Waals surface area contributed by atoms with Crippen LogP contribution in [0.1, 0.15) is 26.3 Å². The number of ether oxygens (including phenoxy) is 1. The lowest BCUT2D eigenvalue weighted by atomic mass is 10.0. The van der Waals surface area contributed by atoms with Crippen LogP contribution in [0.4, 0.5) is 10.3 Å². The molecule has 20 heavy (non-hydrogen) atoms. The smallest absolute Gasteiger partial charge is 0.328 e. The first-order valence-electron chi connectivity index (χ1n) is 6.44. The zero-order chi connectivity index (χ0) is 14.9. The van der Waals surface area contributed by atoms with Crippen molar-refractivity contribution in [1.82, 2.24) is 9.55 Å². The summed E-state index contributed by atoms with van der Waals surface area (Å²) in [4.78, 5) is 16.2. The summed E-state index contributed by atoms with van der Waals surface area (Å²) in [6, 6.07) is 3.58. The number of carbonyl (C=O) groups excluding carboxylic acids is 1. The maximum Gasteiger partial charge on any atom is 0.328 e. The molecule has 1 atom stereocenters. The Morgan fingerprint density at radius 2 is 2.20 bits per heavy atom. The second kappa shape index (κ2) is 5.48. The number of rotatable bonds is 4. The van der Waals surface area contributed by atoms with Crippen LogP contribution in [0.3, 0.4) is 0 Å². The van der Waals surface area contributed by atoms with Gasteiger partial charge in [-0.2, -0.15) is 0 Å². The highest BCUT2D eigenvalue weighted by Gasteiger charge is 2.26. The van der Waals surface area contributed by atoms with E-state index in [1.165, 1.54) is 19.2 Å². The summed E-state index contributed by atoms with van der Waals surface area (Å²) < 4.78 is 19.8. The highest BCUT2D eigenvalue weighted by Crippen LogP contribution is 2.28. The quantitative estimate of drug-likeness (QED) is 0.873. The van der Waals surface area contributed by atoms with Crippen LogP contribution < -0.4 is 5.73 Å². The van der Waals surface area contributed by atoms with E-state index < -0.39 is 17.8 Å². The summed E-state index contributed by atoms with van der Waals surface area (Å²) in [6.45, 7) is 3.98. The van der Waals surface area contributed by atoms with Crippen LogP contribution >= 0.6 is 0 Å². The van der Waals surface area contributed by atoms with Gasteiger partial charge in [0.2, 0.25) is 5.95 Å². The molecule has 0 fully saturated rings. The number of nitrogen functional groups attached to an aromatic ring is 1. The first-order valence-corrected chi connectivity index (χ1v) is 6.44. The van der Waals surface area contributed by atoms with E-state index in [1.54, 1.807) is 10.6 Å². The van der Waals surface area contributed by atoms with E-state index >= 15 is 0 Å². The monoisotopic (exact) mass is 279 g/mol. The standard InChI is InChI=1S/C14H18FN3O2/c1-8(2)6-12(13(19)20-3)18-11-7-9(15)4-5-10(11)17-14(18)16/h4-5,7-8,12H,6H2,1-3H3,(H2,16,17). The SMILES string of the molecule is COC(=O)C(CC(C)C)n1c(N)nc2ccc(F)cc21. The van der Waals surface area contributed by atoms with E-state index in [0.29, 0.717) is 17.5 Å². The van der Waals surface area contributed by atoms with Crippen molar-refractivity contribution in [3.05, 3.63) is 24.0 Å². The molecule has 1 aromatic heterocycles. The van der Waals surface area contributed by atoms with Crippen molar-refractivity contribution >= 4 is 23.0 Å². The van der Waals surface area contributed by atoms with E-state index in [-0.39, 0.29) is 11.9 Å². The third-order valence-electron chi connectivity index (χ3n) is 3.16. The number of halogens is 1. The first kappa shape index (κ1) is 14.3. The van der Waals surface area contributed by atoms with E-state index in [1.807, 2.05) is 13.8 Å². The van der Waals surface area contributed by atoms with E-state index in [9.17, 15) is 9.18 Å². The summed E-state index contributed by atoms with van der Waals surface area (Å²) in [7, 11) is 1.32. The molecule has 2 rings (SSSR count). The van der Waals surface area contributed by atoms with Crippen molar-refractivity contribution in [3.63, 3.8) is 0 Å². The van der Waals surface area contributed by atoms with Crippen LogP contribution in [-0.4, -0.2) is 22.6 Å². The lowest BCUT2D eigenvalue weighted by Crippen LogP contribution is -2.23. The molecule has 1 heterocycles. The molecule has 0 saturated carbocycles. The van der Waals surface area contributed by atoms with Gasteiger partial charge in [-0.15, -0.1) is 0 Å². The number of fused-ring (bicyclic) bond motifs is 1. The number of hydrogen-bond donors (Lipinski definition) is 1. The Morgan fingerprint density at radius 1 is 1.50 bits per heavy atom. The molecule has 6 heteroatoms. The van der Waals surface area contributed by atoms with Crippen LogP contribution in [0, 0.1) is 11.7 Å². The van der Waals surface area contributed by atoms with Gasteiger partial charge in [-0.05, 0) is 30.5 Å². The van der Waals surface area contributed by atoms with Crippen LogP contribution in [0.25, 0.3) is 11.0 Å². The predicted octanol–water partition coefficient (Wildman–Crippen LogP) is 2.52. The summed E-state index contributed by atoms with van der Waals surface area (Å²) in [5.41, 5.74) is 6.95. The largest absolute Gasteiger partial charge is 0.467 e. The molecular formula is C14H18FN3O2. The summed E-state index contributed by atoms with van der Waals surface area (Å²) >= 11 is 0. The zero-order valence-corrected chi connectivity index (χ0v) is 11.8. The molecule has 5 nitrogen and oxygen atoms in total. The number of hydrogen-bond acceptors (Lipinski definition) is 4. The second-order valence-electron chi connectivity index (χ2n) is 5.14. The third kappa shape index (κ3) is 2.59. The number of benzene rings is 1. The number of imidazole rings is 1. The number of aromatic nitrogens is 2. The van der Waals surface area contributed by atoms with Crippen molar-refractivity contribution in [2.45, 2.75) is 26.3 Å². The number of methoxy groups -OCH3 is 1. The fraction of sp³-hybridized carbons (Fsp3) is 0.429. The van der Waals surface area contributed by atoms with Crippen LogP contribution in [0.15, 0.2) is 18.2 Å². The Bertz CT molecular complexity index is 637. The highest BCUT2D eigenvalue weighted by molar-refractivity contribution is 5.83. The lowest BCUT2D eigenvalue weighted by molar-refractivity contribution is -0.145. The van der Waals surface area contributed by atoms with Crippen molar-refractivity contribution in [2.24, 2.45) is 5.92 Å². The van der Waals surface area contributed by atoms with Crippen LogP contribution in [0.5, 0.6) is 0 Å². The van der Waals surface area contributed by atoms with E-state index in [0.717, 1.165) is 0 Å². The Balaban J connectivity index is 2.59. The molecule has 108 valence electrons. The molecule has 0 aliphatic rings. The Morgan fingerprint density at radius 3 is 2.80 bits per heavy atom. The van der Waals surface area contributed by atoms with Gasteiger partial charge in [0.15, 0.2) is 0 Å². The van der Waals surface area contributed by atoms with Crippen LogP contribution in [-0.2, 0) is 9.53 Å². The number of nitrogens with two attached hydrogens (primary N) is 1. The molecule has 2 aromatic rings. The molecule has 2 N–H and O–H groups in total. The van der Waals surface area contributed by atoms with Crippen molar-refractivity contribution in [1.29, 1.82) is 0 Å². The average Bonchev–Trinajstić information content (AvgIpc) is 2.70. The van der Waals surface area contributed by atoms with Gasteiger partial charge >= 0.3 is 5.97 Å². The first-order chi connectivity index (χ1) is 9.43. The number of carbonyl (C=O) groups is 1. The normalized spacial score (nSPS) is 12.8. The highest BCUT2D eigenvalue weighted by atomic mass is 19.1. The molecule has 0 amide bonds. The molecule has 0 saturated heterocycles. The molecule has 0 bridgehead atoms. The minimum absolute atomic E-state index is 0.182. The maximum atomic E-state index is 13.4. The summed E-state index contributed by atoms with van der Waals surface area (Å²) in [6.07, 6.45) is 0.541. The maximum absolute atomic E-state index is 13.4. The molecule has 0 aliphatic heterocycles. The average molecular weight is 279 g/mol. The van der Waals surface area contributed by atoms with E-state index in [4.69, 9.17) is 10.5 Å². The van der Waals surface area contributed by atoms with Gasteiger partial charge in [-0.3, -0.25) is 4.57 Å².